The van der Waals surface area contributed by atoms with Gasteiger partial charge in [-0.2, -0.15) is 0 Å². The van der Waals surface area contributed by atoms with E-state index in [1.807, 2.05) is 36.1 Å². The van der Waals surface area contributed by atoms with E-state index in [2.05, 4.69) is 30.8 Å². The van der Waals surface area contributed by atoms with Gasteiger partial charge in [-0.15, -0.1) is 21.5 Å². The summed E-state index contributed by atoms with van der Waals surface area (Å²) in [6.07, 6.45) is 0.950. The van der Waals surface area contributed by atoms with Gasteiger partial charge in [0.1, 0.15) is 0 Å². The van der Waals surface area contributed by atoms with E-state index >= 15 is 0 Å². The summed E-state index contributed by atoms with van der Waals surface area (Å²) in [6, 6.07) is 7.35. The number of carbonyl (C=O) groups excluding carboxylic acids is 1. The molecule has 1 aromatic carbocycles. The highest BCUT2D eigenvalue weighted by atomic mass is 32.1. The van der Waals surface area contributed by atoms with E-state index in [4.69, 9.17) is 4.42 Å². The van der Waals surface area contributed by atoms with Crippen LogP contribution in [0.3, 0.4) is 0 Å². The number of carbonyl (C=O) groups is 1. The zero-order chi connectivity index (χ0) is 20.2. The maximum atomic E-state index is 12.7. The zero-order valence-corrected chi connectivity index (χ0v) is 17.4. The number of urea groups is 1. The van der Waals surface area contributed by atoms with Crippen LogP contribution in [0.15, 0.2) is 34.1 Å². The van der Waals surface area contributed by atoms with Gasteiger partial charge in [0.15, 0.2) is 0 Å². The molecule has 0 bridgehead atoms. The highest BCUT2D eigenvalue weighted by molar-refractivity contribution is 7.09. The van der Waals surface area contributed by atoms with Crippen LogP contribution in [0, 0.1) is 13.8 Å². The average molecular weight is 413 g/mol. The van der Waals surface area contributed by atoms with Gasteiger partial charge in [-0.25, -0.2) is 9.78 Å². The third-order valence-electron chi connectivity index (χ3n) is 4.84. The molecule has 0 unspecified atom stereocenters. The van der Waals surface area contributed by atoms with Gasteiger partial charge in [-0.3, -0.25) is 4.90 Å². The standard InChI is InChI=1S/C20H24N6O2S/c1-14-23-24-19(28-14)16-4-6-17(7-5-16)22-20(27)26-9-3-8-25(10-11-26)12-18-13-29-15(2)21-18/h4-7,13H,3,8-12H2,1-2H3,(H,22,27). The van der Waals surface area contributed by atoms with Gasteiger partial charge in [0.25, 0.3) is 0 Å². The van der Waals surface area contributed by atoms with Crippen molar-refractivity contribution < 1.29 is 9.21 Å². The molecule has 2 aromatic heterocycles. The zero-order valence-electron chi connectivity index (χ0n) is 16.6. The van der Waals surface area contributed by atoms with Crippen LogP contribution in [-0.2, 0) is 6.54 Å². The van der Waals surface area contributed by atoms with E-state index in [-0.39, 0.29) is 6.03 Å². The van der Waals surface area contributed by atoms with Crippen LogP contribution in [0.25, 0.3) is 11.5 Å². The first kappa shape index (κ1) is 19.5. The fourth-order valence-corrected chi connectivity index (χ4v) is 3.96. The minimum Gasteiger partial charge on any atom is -0.421 e. The van der Waals surface area contributed by atoms with Crippen molar-refractivity contribution in [2.45, 2.75) is 26.8 Å². The van der Waals surface area contributed by atoms with Crippen molar-refractivity contribution in [3.05, 3.63) is 46.2 Å². The summed E-state index contributed by atoms with van der Waals surface area (Å²) in [6.45, 7) is 7.89. The second-order valence-corrected chi connectivity index (χ2v) is 8.17. The monoisotopic (exact) mass is 412 g/mol. The van der Waals surface area contributed by atoms with Crippen molar-refractivity contribution in [2.75, 3.05) is 31.5 Å². The molecule has 0 aliphatic carbocycles. The third-order valence-corrected chi connectivity index (χ3v) is 5.66. The lowest BCUT2D eigenvalue weighted by atomic mass is 10.2. The molecule has 0 radical (unpaired) electrons. The Morgan fingerprint density at radius 2 is 1.97 bits per heavy atom. The van der Waals surface area contributed by atoms with Crippen LogP contribution >= 0.6 is 11.3 Å². The fraction of sp³-hybridized carbons (Fsp3) is 0.400. The summed E-state index contributed by atoms with van der Waals surface area (Å²) in [5.74, 6) is 1.00. The Balaban J connectivity index is 1.31. The van der Waals surface area contributed by atoms with E-state index in [1.165, 1.54) is 0 Å². The molecule has 1 aliphatic rings. The highest BCUT2D eigenvalue weighted by Crippen LogP contribution is 2.20. The summed E-state index contributed by atoms with van der Waals surface area (Å²) in [5, 5.41) is 14.0. The molecular formula is C20H24N6O2S. The van der Waals surface area contributed by atoms with E-state index in [1.54, 1.807) is 18.3 Å². The first-order valence-electron chi connectivity index (χ1n) is 9.66. The first-order chi connectivity index (χ1) is 14.1. The molecule has 152 valence electrons. The number of hydrogen-bond acceptors (Lipinski definition) is 7. The number of aromatic nitrogens is 3. The molecule has 9 heteroatoms. The molecule has 0 saturated carbocycles. The number of rotatable bonds is 4. The van der Waals surface area contributed by atoms with E-state index < -0.39 is 0 Å². The summed E-state index contributed by atoms with van der Waals surface area (Å²) >= 11 is 1.68. The molecule has 3 aromatic rings. The Morgan fingerprint density at radius 3 is 2.66 bits per heavy atom. The van der Waals surface area contributed by atoms with Crippen LogP contribution < -0.4 is 5.32 Å². The average Bonchev–Trinajstić information content (AvgIpc) is 3.24. The number of amides is 2. The summed E-state index contributed by atoms with van der Waals surface area (Å²) in [5.41, 5.74) is 2.68. The number of benzene rings is 1. The van der Waals surface area contributed by atoms with Gasteiger partial charge >= 0.3 is 6.03 Å². The van der Waals surface area contributed by atoms with E-state index in [0.29, 0.717) is 18.3 Å². The molecule has 8 nitrogen and oxygen atoms in total. The Morgan fingerprint density at radius 1 is 1.14 bits per heavy atom. The quantitative estimate of drug-likeness (QED) is 0.705. The molecule has 0 spiro atoms. The maximum absolute atomic E-state index is 12.7. The van der Waals surface area contributed by atoms with Gasteiger partial charge < -0.3 is 14.6 Å². The number of hydrogen-bond donors (Lipinski definition) is 1. The van der Waals surface area contributed by atoms with Gasteiger partial charge in [-0.1, -0.05) is 0 Å². The topological polar surface area (TPSA) is 87.4 Å². The van der Waals surface area contributed by atoms with Crippen molar-refractivity contribution in [3.63, 3.8) is 0 Å². The van der Waals surface area contributed by atoms with Gasteiger partial charge in [0, 0.05) is 56.3 Å². The Hall–Kier alpha value is -2.78. The minimum atomic E-state index is -0.0715. The Bertz CT molecular complexity index is 968. The second kappa shape index (κ2) is 8.71. The molecule has 1 fully saturated rings. The molecule has 2 amide bonds. The largest absolute Gasteiger partial charge is 0.421 e. The number of aryl methyl sites for hydroxylation is 2. The van der Waals surface area contributed by atoms with Crippen molar-refractivity contribution in [1.82, 2.24) is 25.0 Å². The summed E-state index contributed by atoms with van der Waals surface area (Å²) in [4.78, 5) is 21.5. The number of anilines is 1. The van der Waals surface area contributed by atoms with Crippen LogP contribution in [0.1, 0.15) is 23.0 Å². The molecular weight excluding hydrogens is 388 g/mol. The van der Waals surface area contributed by atoms with Crippen molar-refractivity contribution in [2.24, 2.45) is 0 Å². The Kier molecular flexibility index (Phi) is 5.86. The predicted octanol–water partition coefficient (Wildman–Crippen LogP) is 3.55. The molecule has 1 aliphatic heterocycles. The lowest BCUT2D eigenvalue weighted by molar-refractivity contribution is 0.211. The highest BCUT2D eigenvalue weighted by Gasteiger charge is 2.20. The number of nitrogens with zero attached hydrogens (tertiary/aromatic N) is 5. The lowest BCUT2D eigenvalue weighted by Gasteiger charge is -2.22. The normalized spacial score (nSPS) is 15.3. The first-order valence-corrected chi connectivity index (χ1v) is 10.5. The second-order valence-electron chi connectivity index (χ2n) is 7.11. The maximum Gasteiger partial charge on any atom is 0.321 e. The molecule has 3 heterocycles. The van der Waals surface area contributed by atoms with Crippen molar-refractivity contribution >= 4 is 23.1 Å². The van der Waals surface area contributed by atoms with E-state index in [9.17, 15) is 4.79 Å². The minimum absolute atomic E-state index is 0.0715. The van der Waals surface area contributed by atoms with Gasteiger partial charge in [-0.05, 0) is 37.6 Å². The van der Waals surface area contributed by atoms with Crippen molar-refractivity contribution in [1.29, 1.82) is 0 Å². The van der Waals surface area contributed by atoms with Gasteiger partial charge in [0.2, 0.25) is 11.8 Å². The fourth-order valence-electron chi connectivity index (χ4n) is 3.35. The van der Waals surface area contributed by atoms with Crippen LogP contribution in [0.5, 0.6) is 0 Å². The number of nitrogens with one attached hydrogen (secondary N) is 1. The Labute approximate surface area is 173 Å². The van der Waals surface area contributed by atoms with Crippen LogP contribution in [0.4, 0.5) is 10.5 Å². The third kappa shape index (κ3) is 4.99. The number of thiazole rings is 1. The summed E-state index contributed by atoms with van der Waals surface area (Å²) in [7, 11) is 0. The molecule has 1 saturated heterocycles. The van der Waals surface area contributed by atoms with Crippen LogP contribution in [0.2, 0.25) is 0 Å². The van der Waals surface area contributed by atoms with Crippen molar-refractivity contribution in [3.8, 4) is 11.5 Å². The van der Waals surface area contributed by atoms with Crippen LogP contribution in [-0.4, -0.2) is 57.2 Å². The smallest absolute Gasteiger partial charge is 0.321 e. The SMILES string of the molecule is Cc1nnc(-c2ccc(NC(=O)N3CCCN(Cc4csc(C)n4)CC3)cc2)o1. The molecule has 29 heavy (non-hydrogen) atoms. The van der Waals surface area contributed by atoms with E-state index in [0.717, 1.165) is 54.6 Å². The molecule has 0 atom stereocenters. The molecule has 1 N–H and O–H groups in total. The lowest BCUT2D eigenvalue weighted by Crippen LogP contribution is -2.38. The molecule has 4 rings (SSSR count). The van der Waals surface area contributed by atoms with Gasteiger partial charge in [0.05, 0.1) is 10.7 Å². The predicted molar refractivity (Wildman–Crippen MR) is 112 cm³/mol. The summed E-state index contributed by atoms with van der Waals surface area (Å²) < 4.78 is 5.43.